The van der Waals surface area contributed by atoms with E-state index in [0.29, 0.717) is 0 Å². The number of rotatable bonds is 2. The maximum absolute atomic E-state index is 5.82. The van der Waals surface area contributed by atoms with Crippen LogP contribution in [0.2, 0.25) is 0 Å². The Balaban J connectivity index is 2.87. The van der Waals surface area contributed by atoms with Crippen LogP contribution in [0.15, 0.2) is 10.6 Å². The average molecular weight is 182 g/mol. The minimum absolute atomic E-state index is 0.0244. The van der Waals surface area contributed by atoms with Crippen molar-refractivity contribution in [3.8, 4) is 0 Å². The van der Waals surface area contributed by atoms with Gasteiger partial charge in [0.2, 0.25) is 0 Å². The number of nitrogens with zero attached hydrogens (tertiary/aromatic N) is 1. The summed E-state index contributed by atoms with van der Waals surface area (Å²) in [7, 11) is 0. The van der Waals surface area contributed by atoms with Gasteiger partial charge in [0.05, 0.1) is 11.7 Å². The fourth-order valence-corrected chi connectivity index (χ4v) is 1.02. The highest BCUT2D eigenvalue weighted by molar-refractivity contribution is 5.15. The van der Waals surface area contributed by atoms with Crippen LogP contribution in [0.5, 0.6) is 0 Å². The SMILES string of the molecule is CCC(N)c1cc(C(C)(C)C)no1. The first-order valence-corrected chi connectivity index (χ1v) is 4.68. The van der Waals surface area contributed by atoms with E-state index < -0.39 is 0 Å². The van der Waals surface area contributed by atoms with Crippen molar-refractivity contribution in [2.75, 3.05) is 0 Å². The summed E-state index contributed by atoms with van der Waals surface area (Å²) in [6.45, 7) is 8.34. The van der Waals surface area contributed by atoms with E-state index in [0.717, 1.165) is 17.9 Å². The molecule has 13 heavy (non-hydrogen) atoms. The molecule has 1 atom stereocenters. The Labute approximate surface area is 79.3 Å². The second-order valence-corrected chi connectivity index (χ2v) is 4.38. The molecule has 74 valence electrons. The van der Waals surface area contributed by atoms with E-state index >= 15 is 0 Å². The molecule has 3 nitrogen and oxygen atoms in total. The van der Waals surface area contributed by atoms with Crippen molar-refractivity contribution in [1.29, 1.82) is 0 Å². The molecule has 0 aliphatic carbocycles. The molecular weight excluding hydrogens is 164 g/mol. The van der Waals surface area contributed by atoms with E-state index in [-0.39, 0.29) is 11.5 Å². The Bertz CT molecular complexity index is 273. The van der Waals surface area contributed by atoms with E-state index in [2.05, 4.69) is 25.9 Å². The summed E-state index contributed by atoms with van der Waals surface area (Å²) >= 11 is 0. The van der Waals surface area contributed by atoms with Crippen LogP contribution in [0, 0.1) is 0 Å². The lowest BCUT2D eigenvalue weighted by Crippen LogP contribution is -2.11. The van der Waals surface area contributed by atoms with Crippen molar-refractivity contribution in [3.05, 3.63) is 17.5 Å². The molecule has 0 saturated heterocycles. The lowest BCUT2D eigenvalue weighted by molar-refractivity contribution is 0.344. The largest absolute Gasteiger partial charge is 0.359 e. The lowest BCUT2D eigenvalue weighted by Gasteiger charge is -2.12. The smallest absolute Gasteiger partial charge is 0.153 e. The molecule has 0 aromatic carbocycles. The molecule has 3 heteroatoms. The summed E-state index contributed by atoms with van der Waals surface area (Å²) in [6.07, 6.45) is 0.874. The van der Waals surface area contributed by atoms with E-state index in [1.54, 1.807) is 0 Å². The standard InChI is InChI=1S/C10H18N2O/c1-5-7(11)8-6-9(12-13-8)10(2,3)4/h6-7H,5,11H2,1-4H3. The molecule has 1 aromatic rings. The molecule has 0 saturated carbocycles. The lowest BCUT2D eigenvalue weighted by atomic mass is 9.92. The number of hydrogen-bond acceptors (Lipinski definition) is 3. The zero-order valence-corrected chi connectivity index (χ0v) is 8.79. The molecule has 0 amide bonds. The molecule has 0 radical (unpaired) electrons. The van der Waals surface area contributed by atoms with Gasteiger partial charge in [-0.15, -0.1) is 0 Å². The van der Waals surface area contributed by atoms with E-state index in [9.17, 15) is 0 Å². The highest BCUT2D eigenvalue weighted by Crippen LogP contribution is 2.24. The Morgan fingerprint density at radius 3 is 2.54 bits per heavy atom. The first-order valence-electron chi connectivity index (χ1n) is 4.68. The number of aromatic nitrogens is 1. The van der Waals surface area contributed by atoms with E-state index in [1.165, 1.54) is 0 Å². The van der Waals surface area contributed by atoms with Gasteiger partial charge in [-0.05, 0) is 6.42 Å². The van der Waals surface area contributed by atoms with Gasteiger partial charge in [0.1, 0.15) is 0 Å². The first-order chi connectivity index (χ1) is 5.95. The molecule has 0 fully saturated rings. The van der Waals surface area contributed by atoms with Crippen LogP contribution in [-0.4, -0.2) is 5.16 Å². The van der Waals surface area contributed by atoms with Crippen molar-refractivity contribution < 1.29 is 4.52 Å². The molecule has 0 bridgehead atoms. The molecule has 0 aliphatic heterocycles. The highest BCUT2D eigenvalue weighted by Gasteiger charge is 2.20. The maximum atomic E-state index is 5.82. The third kappa shape index (κ3) is 2.31. The fraction of sp³-hybridized carbons (Fsp3) is 0.700. The molecule has 0 spiro atoms. The summed E-state index contributed by atoms with van der Waals surface area (Å²) in [5.41, 5.74) is 6.82. The molecular formula is C10H18N2O. The molecule has 1 heterocycles. The zero-order chi connectivity index (χ0) is 10.1. The maximum Gasteiger partial charge on any atom is 0.153 e. The third-order valence-electron chi connectivity index (χ3n) is 2.10. The van der Waals surface area contributed by atoms with Gasteiger partial charge >= 0.3 is 0 Å². The predicted octanol–water partition coefficient (Wildman–Crippen LogP) is 2.38. The van der Waals surface area contributed by atoms with Crippen LogP contribution in [0.1, 0.15) is 51.6 Å². The average Bonchev–Trinajstić information content (AvgIpc) is 2.50. The zero-order valence-electron chi connectivity index (χ0n) is 8.79. The van der Waals surface area contributed by atoms with Crippen LogP contribution < -0.4 is 5.73 Å². The summed E-state index contributed by atoms with van der Waals surface area (Å²) in [4.78, 5) is 0. The van der Waals surface area contributed by atoms with E-state index in [4.69, 9.17) is 10.3 Å². The normalized spacial score (nSPS) is 14.5. The minimum atomic E-state index is -0.0244. The summed E-state index contributed by atoms with van der Waals surface area (Å²) in [6, 6.07) is 1.93. The minimum Gasteiger partial charge on any atom is -0.359 e. The van der Waals surface area contributed by atoms with Crippen LogP contribution >= 0.6 is 0 Å². The van der Waals surface area contributed by atoms with Gasteiger partial charge in [-0.2, -0.15) is 0 Å². The predicted molar refractivity (Wildman–Crippen MR) is 52.4 cm³/mol. The first kappa shape index (κ1) is 10.3. The van der Waals surface area contributed by atoms with Crippen molar-refractivity contribution in [2.24, 2.45) is 5.73 Å². The van der Waals surface area contributed by atoms with Crippen LogP contribution in [0.4, 0.5) is 0 Å². The summed E-state index contributed by atoms with van der Waals surface area (Å²) < 4.78 is 5.17. The molecule has 1 rings (SSSR count). The Hall–Kier alpha value is -0.830. The van der Waals surface area contributed by atoms with Gasteiger partial charge in [0, 0.05) is 11.5 Å². The molecule has 0 aliphatic rings. The number of nitrogens with two attached hydrogens (primary N) is 1. The Kier molecular flexibility index (Phi) is 2.76. The van der Waals surface area contributed by atoms with Gasteiger partial charge in [-0.25, -0.2) is 0 Å². The van der Waals surface area contributed by atoms with Crippen molar-refractivity contribution in [1.82, 2.24) is 5.16 Å². The summed E-state index contributed by atoms with van der Waals surface area (Å²) in [5.74, 6) is 0.785. The second-order valence-electron chi connectivity index (χ2n) is 4.38. The third-order valence-corrected chi connectivity index (χ3v) is 2.10. The van der Waals surface area contributed by atoms with Crippen LogP contribution in [0.25, 0.3) is 0 Å². The molecule has 1 aromatic heterocycles. The van der Waals surface area contributed by atoms with Crippen molar-refractivity contribution in [3.63, 3.8) is 0 Å². The molecule has 1 unspecified atom stereocenters. The fourth-order valence-electron chi connectivity index (χ4n) is 1.02. The topological polar surface area (TPSA) is 52.0 Å². The van der Waals surface area contributed by atoms with Crippen molar-refractivity contribution >= 4 is 0 Å². The van der Waals surface area contributed by atoms with E-state index in [1.807, 2.05) is 13.0 Å². The van der Waals surface area contributed by atoms with Crippen molar-refractivity contribution in [2.45, 2.75) is 45.6 Å². The molecule has 2 N–H and O–H groups in total. The quantitative estimate of drug-likeness (QED) is 0.764. The van der Waals surface area contributed by atoms with Crippen LogP contribution in [0.3, 0.4) is 0 Å². The number of hydrogen-bond donors (Lipinski definition) is 1. The Morgan fingerprint density at radius 2 is 2.15 bits per heavy atom. The van der Waals surface area contributed by atoms with Gasteiger partial charge in [0.25, 0.3) is 0 Å². The Morgan fingerprint density at radius 1 is 1.54 bits per heavy atom. The van der Waals surface area contributed by atoms with Gasteiger partial charge < -0.3 is 10.3 Å². The summed E-state index contributed by atoms with van der Waals surface area (Å²) in [5, 5.41) is 4.00. The van der Waals surface area contributed by atoms with Crippen LogP contribution in [-0.2, 0) is 5.41 Å². The van der Waals surface area contributed by atoms with Gasteiger partial charge in [-0.1, -0.05) is 32.9 Å². The monoisotopic (exact) mass is 182 g/mol. The van der Waals surface area contributed by atoms with Gasteiger partial charge in [-0.3, -0.25) is 0 Å². The van der Waals surface area contributed by atoms with Gasteiger partial charge in [0.15, 0.2) is 5.76 Å². The second kappa shape index (κ2) is 3.50. The highest BCUT2D eigenvalue weighted by atomic mass is 16.5.